The zero-order chi connectivity index (χ0) is 10.5. The van der Waals surface area contributed by atoms with Crippen LogP contribution in [0.15, 0.2) is 5.51 Å². The molecule has 0 N–H and O–H groups in total. The summed E-state index contributed by atoms with van der Waals surface area (Å²) in [5.41, 5.74) is 1.83. The molecule has 0 radical (unpaired) electrons. The van der Waals surface area contributed by atoms with Crippen LogP contribution in [0.1, 0.15) is 12.8 Å². The Morgan fingerprint density at radius 3 is 2.44 bits per heavy atom. The van der Waals surface area contributed by atoms with Gasteiger partial charge in [0, 0.05) is 32.2 Å². The maximum atomic E-state index is 4.17. The SMILES string of the molecule is c1nnc(N2CC3CN(C4CC4)CC3C2)s1. The number of nitrogens with zero attached hydrogens (tertiary/aromatic N) is 4. The second-order valence-corrected chi connectivity index (χ2v) is 6.14. The Balaban J connectivity index is 1.45. The highest BCUT2D eigenvalue weighted by molar-refractivity contribution is 7.13. The van der Waals surface area contributed by atoms with Gasteiger partial charge in [0.2, 0.25) is 5.13 Å². The fourth-order valence-electron chi connectivity index (χ4n) is 3.23. The van der Waals surface area contributed by atoms with Crippen molar-refractivity contribution in [2.75, 3.05) is 31.1 Å². The van der Waals surface area contributed by atoms with Crippen LogP contribution in [0.2, 0.25) is 0 Å². The highest BCUT2D eigenvalue weighted by Crippen LogP contribution is 2.39. The maximum absolute atomic E-state index is 4.17. The fraction of sp³-hybridized carbons (Fsp3) is 0.818. The lowest BCUT2D eigenvalue weighted by atomic mass is 10.0. The van der Waals surface area contributed by atoms with Gasteiger partial charge in [0.15, 0.2) is 0 Å². The summed E-state index contributed by atoms with van der Waals surface area (Å²) in [7, 11) is 0. The topological polar surface area (TPSA) is 32.3 Å². The number of likely N-dealkylation sites (tertiary alicyclic amines) is 1. The summed E-state index contributed by atoms with van der Waals surface area (Å²) in [5, 5.41) is 9.22. The van der Waals surface area contributed by atoms with Crippen LogP contribution in [-0.2, 0) is 0 Å². The van der Waals surface area contributed by atoms with E-state index >= 15 is 0 Å². The van der Waals surface area contributed by atoms with Crippen LogP contribution in [0.25, 0.3) is 0 Å². The second-order valence-electron chi connectivity index (χ2n) is 5.33. The zero-order valence-electron chi connectivity index (χ0n) is 9.25. The van der Waals surface area contributed by atoms with Gasteiger partial charge in [-0.05, 0) is 24.7 Å². The Hall–Kier alpha value is -0.680. The molecule has 4 nitrogen and oxygen atoms in total. The molecule has 0 amide bonds. The predicted octanol–water partition coefficient (Wildman–Crippen LogP) is 1.07. The van der Waals surface area contributed by atoms with E-state index in [1.165, 1.54) is 39.0 Å². The van der Waals surface area contributed by atoms with E-state index in [1.807, 2.05) is 5.51 Å². The molecular formula is C11H16N4S. The lowest BCUT2D eigenvalue weighted by Gasteiger charge is -2.20. The number of rotatable bonds is 2. The Morgan fingerprint density at radius 1 is 1.12 bits per heavy atom. The van der Waals surface area contributed by atoms with Crippen molar-refractivity contribution in [1.82, 2.24) is 15.1 Å². The molecular weight excluding hydrogens is 220 g/mol. The Bertz CT molecular complexity index is 361. The number of fused-ring (bicyclic) bond motifs is 1. The van der Waals surface area contributed by atoms with Gasteiger partial charge >= 0.3 is 0 Å². The minimum atomic E-state index is 0.879. The zero-order valence-corrected chi connectivity index (χ0v) is 10.1. The molecule has 2 atom stereocenters. The number of hydrogen-bond acceptors (Lipinski definition) is 5. The molecule has 4 rings (SSSR count). The van der Waals surface area contributed by atoms with E-state index in [0.717, 1.165) is 23.0 Å². The van der Waals surface area contributed by atoms with Crippen molar-refractivity contribution in [1.29, 1.82) is 0 Å². The molecule has 1 aromatic rings. The second kappa shape index (κ2) is 3.40. The fourth-order valence-corrected chi connectivity index (χ4v) is 3.81. The Labute approximate surface area is 99.3 Å². The first-order valence-electron chi connectivity index (χ1n) is 6.15. The van der Waals surface area contributed by atoms with Gasteiger partial charge in [0.1, 0.15) is 5.51 Å². The normalized spacial score (nSPS) is 34.6. The van der Waals surface area contributed by atoms with Crippen LogP contribution in [0.3, 0.4) is 0 Å². The number of hydrogen-bond donors (Lipinski definition) is 0. The Morgan fingerprint density at radius 2 is 1.88 bits per heavy atom. The summed E-state index contributed by atoms with van der Waals surface area (Å²) in [4.78, 5) is 5.14. The first-order valence-corrected chi connectivity index (χ1v) is 7.03. The quantitative estimate of drug-likeness (QED) is 0.769. The molecule has 3 fully saturated rings. The van der Waals surface area contributed by atoms with Crippen molar-refractivity contribution in [2.24, 2.45) is 11.8 Å². The summed E-state index contributed by atoms with van der Waals surface area (Å²) in [5.74, 6) is 1.76. The number of anilines is 1. The van der Waals surface area contributed by atoms with Gasteiger partial charge in [-0.2, -0.15) is 0 Å². The maximum Gasteiger partial charge on any atom is 0.208 e. The van der Waals surface area contributed by atoms with Gasteiger partial charge in [-0.1, -0.05) is 11.3 Å². The van der Waals surface area contributed by atoms with Crippen molar-refractivity contribution in [3.63, 3.8) is 0 Å². The molecule has 2 aliphatic heterocycles. The van der Waals surface area contributed by atoms with Gasteiger partial charge in [-0.15, -0.1) is 10.2 Å². The average Bonchev–Trinajstić information content (AvgIpc) is 2.74. The van der Waals surface area contributed by atoms with Crippen LogP contribution >= 0.6 is 11.3 Å². The van der Waals surface area contributed by atoms with Gasteiger partial charge < -0.3 is 4.90 Å². The van der Waals surface area contributed by atoms with Crippen LogP contribution < -0.4 is 4.90 Å². The predicted molar refractivity (Wildman–Crippen MR) is 63.7 cm³/mol. The lowest BCUT2D eigenvalue weighted by Crippen LogP contribution is -2.30. The summed E-state index contributed by atoms with van der Waals surface area (Å²) in [6.07, 6.45) is 2.89. The summed E-state index contributed by atoms with van der Waals surface area (Å²) in [6.45, 7) is 5.04. The first kappa shape index (κ1) is 9.36. The van der Waals surface area contributed by atoms with E-state index in [4.69, 9.17) is 0 Å². The van der Waals surface area contributed by atoms with E-state index in [1.54, 1.807) is 11.3 Å². The van der Waals surface area contributed by atoms with Crippen LogP contribution in [0.4, 0.5) is 5.13 Å². The van der Waals surface area contributed by atoms with Gasteiger partial charge in [0.05, 0.1) is 0 Å². The Kier molecular flexibility index (Phi) is 1.99. The highest BCUT2D eigenvalue weighted by Gasteiger charge is 2.44. The van der Waals surface area contributed by atoms with E-state index in [9.17, 15) is 0 Å². The van der Waals surface area contributed by atoms with Crippen LogP contribution in [0.5, 0.6) is 0 Å². The van der Waals surface area contributed by atoms with Gasteiger partial charge in [-0.25, -0.2) is 0 Å². The molecule has 2 saturated heterocycles. The van der Waals surface area contributed by atoms with E-state index in [-0.39, 0.29) is 0 Å². The molecule has 0 spiro atoms. The van der Waals surface area contributed by atoms with Crippen molar-refractivity contribution in [3.05, 3.63) is 5.51 Å². The lowest BCUT2D eigenvalue weighted by molar-refractivity contribution is 0.306. The minimum absolute atomic E-state index is 0.879. The average molecular weight is 236 g/mol. The summed E-state index contributed by atoms with van der Waals surface area (Å²) in [6, 6.07) is 0.945. The van der Waals surface area contributed by atoms with E-state index in [0.29, 0.717) is 0 Å². The monoisotopic (exact) mass is 236 g/mol. The molecule has 3 heterocycles. The van der Waals surface area contributed by atoms with Crippen molar-refractivity contribution in [2.45, 2.75) is 18.9 Å². The molecule has 1 aliphatic carbocycles. The van der Waals surface area contributed by atoms with Crippen LogP contribution in [-0.4, -0.2) is 47.3 Å². The molecule has 3 aliphatic rings. The molecule has 86 valence electrons. The third-order valence-corrected chi connectivity index (χ3v) is 4.95. The van der Waals surface area contributed by atoms with Crippen LogP contribution in [0, 0.1) is 11.8 Å². The van der Waals surface area contributed by atoms with E-state index < -0.39 is 0 Å². The van der Waals surface area contributed by atoms with Crippen molar-refractivity contribution < 1.29 is 0 Å². The molecule has 16 heavy (non-hydrogen) atoms. The smallest absolute Gasteiger partial charge is 0.208 e. The largest absolute Gasteiger partial charge is 0.346 e. The molecule has 2 unspecified atom stereocenters. The summed E-state index contributed by atoms with van der Waals surface area (Å²) < 4.78 is 0. The molecule has 0 aromatic carbocycles. The van der Waals surface area contributed by atoms with Crippen molar-refractivity contribution >= 4 is 16.5 Å². The molecule has 1 aromatic heterocycles. The van der Waals surface area contributed by atoms with E-state index in [2.05, 4.69) is 20.0 Å². The molecule has 1 saturated carbocycles. The summed E-state index contributed by atoms with van der Waals surface area (Å²) >= 11 is 1.67. The third kappa shape index (κ3) is 1.45. The number of aromatic nitrogens is 2. The molecule has 5 heteroatoms. The first-order chi connectivity index (χ1) is 7.90. The van der Waals surface area contributed by atoms with Gasteiger partial charge in [0.25, 0.3) is 0 Å². The van der Waals surface area contributed by atoms with Gasteiger partial charge in [-0.3, -0.25) is 4.90 Å². The third-order valence-electron chi connectivity index (χ3n) is 4.20. The molecule has 0 bridgehead atoms. The minimum Gasteiger partial charge on any atom is -0.346 e. The highest BCUT2D eigenvalue weighted by atomic mass is 32.1. The standard InChI is InChI=1S/C11H16N4S/c1-2-10(1)14-3-8-5-15(6-9(8)4-14)11-13-12-7-16-11/h7-10H,1-6H2. The van der Waals surface area contributed by atoms with Crippen molar-refractivity contribution in [3.8, 4) is 0 Å².